The summed E-state index contributed by atoms with van der Waals surface area (Å²) in [5.74, 6) is 3.07. The molecular weight excluding hydrogens is 238 g/mol. The lowest BCUT2D eigenvalue weighted by atomic mass is 9.97. The molecule has 1 saturated heterocycles. The summed E-state index contributed by atoms with van der Waals surface area (Å²) >= 11 is 0. The van der Waals surface area contributed by atoms with E-state index in [4.69, 9.17) is 10.5 Å². The fourth-order valence-electron chi connectivity index (χ4n) is 2.69. The van der Waals surface area contributed by atoms with Gasteiger partial charge in [-0.25, -0.2) is 4.98 Å². The third-order valence-electron chi connectivity index (χ3n) is 4.17. The number of ether oxygens (including phenoxy) is 1. The van der Waals surface area contributed by atoms with E-state index in [1.807, 2.05) is 6.07 Å². The summed E-state index contributed by atoms with van der Waals surface area (Å²) in [5, 5.41) is 0. The molecular formula is C15H23N3O. The van der Waals surface area contributed by atoms with Crippen LogP contribution in [0, 0.1) is 11.8 Å². The van der Waals surface area contributed by atoms with E-state index in [0.717, 1.165) is 18.3 Å². The highest BCUT2D eigenvalue weighted by Gasteiger charge is 2.27. The van der Waals surface area contributed by atoms with Gasteiger partial charge in [0.25, 0.3) is 0 Å². The molecule has 0 amide bonds. The molecule has 0 spiro atoms. The van der Waals surface area contributed by atoms with Gasteiger partial charge in [0.05, 0.1) is 12.8 Å². The predicted molar refractivity (Wildman–Crippen MR) is 76.0 cm³/mol. The average Bonchev–Trinajstić information content (AvgIpc) is 3.24. The molecule has 104 valence electrons. The van der Waals surface area contributed by atoms with Gasteiger partial charge in [-0.05, 0) is 62.7 Å². The quantitative estimate of drug-likeness (QED) is 0.882. The molecule has 1 aliphatic carbocycles. The molecule has 2 heterocycles. The second kappa shape index (κ2) is 5.78. The van der Waals surface area contributed by atoms with Crippen LogP contribution in [0.4, 0.5) is 5.82 Å². The van der Waals surface area contributed by atoms with E-state index >= 15 is 0 Å². The Kier molecular flexibility index (Phi) is 3.87. The Morgan fingerprint density at radius 2 is 1.95 bits per heavy atom. The van der Waals surface area contributed by atoms with Gasteiger partial charge in [-0.15, -0.1) is 0 Å². The minimum Gasteiger partial charge on any atom is -0.492 e. The summed E-state index contributed by atoms with van der Waals surface area (Å²) in [7, 11) is 0. The van der Waals surface area contributed by atoms with Gasteiger partial charge >= 0.3 is 0 Å². The molecule has 1 aromatic rings. The van der Waals surface area contributed by atoms with Crippen LogP contribution in [0.25, 0.3) is 0 Å². The highest BCUT2D eigenvalue weighted by atomic mass is 16.5. The molecule has 2 N–H and O–H groups in total. The zero-order valence-corrected chi connectivity index (χ0v) is 11.4. The molecule has 0 unspecified atom stereocenters. The number of nitrogens with two attached hydrogens (primary N) is 1. The van der Waals surface area contributed by atoms with Crippen LogP contribution in [0.3, 0.4) is 0 Å². The van der Waals surface area contributed by atoms with Gasteiger partial charge in [0.1, 0.15) is 11.6 Å². The predicted octanol–water partition coefficient (Wildman–Crippen LogP) is 2.16. The lowest BCUT2D eigenvalue weighted by Crippen LogP contribution is -2.36. The Bertz CT molecular complexity index is 394. The van der Waals surface area contributed by atoms with Crippen LogP contribution in [-0.2, 0) is 0 Å². The van der Waals surface area contributed by atoms with Gasteiger partial charge in [0, 0.05) is 6.54 Å². The van der Waals surface area contributed by atoms with Gasteiger partial charge in [-0.1, -0.05) is 0 Å². The first kappa shape index (κ1) is 12.7. The highest BCUT2D eigenvalue weighted by Crippen LogP contribution is 2.31. The van der Waals surface area contributed by atoms with Gasteiger partial charge in [0.2, 0.25) is 0 Å². The van der Waals surface area contributed by atoms with Crippen molar-refractivity contribution in [3.63, 3.8) is 0 Å². The van der Waals surface area contributed by atoms with Crippen LogP contribution in [0.1, 0.15) is 25.7 Å². The van der Waals surface area contributed by atoms with Crippen LogP contribution in [0.5, 0.6) is 5.75 Å². The first-order valence-corrected chi connectivity index (χ1v) is 7.36. The number of anilines is 1. The molecule has 1 aliphatic heterocycles. The van der Waals surface area contributed by atoms with Crippen LogP contribution in [-0.4, -0.2) is 36.1 Å². The Morgan fingerprint density at radius 3 is 2.58 bits per heavy atom. The summed E-state index contributed by atoms with van der Waals surface area (Å²) in [6.07, 6.45) is 7.13. The summed E-state index contributed by atoms with van der Waals surface area (Å²) in [6, 6.07) is 3.68. The van der Waals surface area contributed by atoms with Crippen molar-refractivity contribution in [2.24, 2.45) is 11.8 Å². The van der Waals surface area contributed by atoms with Gasteiger partial charge in [0.15, 0.2) is 0 Å². The number of nitrogens with zero attached hydrogens (tertiary/aromatic N) is 2. The normalized spacial score (nSPS) is 21.5. The molecule has 1 saturated carbocycles. The maximum atomic E-state index is 5.79. The first-order valence-electron chi connectivity index (χ1n) is 7.36. The monoisotopic (exact) mass is 261 g/mol. The van der Waals surface area contributed by atoms with Gasteiger partial charge in [-0.2, -0.15) is 0 Å². The van der Waals surface area contributed by atoms with Crippen molar-refractivity contribution < 1.29 is 4.74 Å². The Hall–Kier alpha value is -1.29. The van der Waals surface area contributed by atoms with Crippen LogP contribution >= 0.6 is 0 Å². The lowest BCUT2D eigenvalue weighted by Gasteiger charge is -2.31. The molecule has 0 radical (unpaired) electrons. The van der Waals surface area contributed by atoms with Crippen molar-refractivity contribution in [1.29, 1.82) is 0 Å². The van der Waals surface area contributed by atoms with E-state index in [2.05, 4.69) is 9.88 Å². The Morgan fingerprint density at radius 1 is 1.16 bits per heavy atom. The molecule has 0 aromatic carbocycles. The summed E-state index contributed by atoms with van der Waals surface area (Å²) in [5.41, 5.74) is 5.55. The molecule has 4 nitrogen and oxygen atoms in total. The number of hydrogen-bond donors (Lipinski definition) is 1. The summed E-state index contributed by atoms with van der Waals surface area (Å²) in [6.45, 7) is 4.62. The smallest absolute Gasteiger partial charge is 0.137 e. The van der Waals surface area contributed by atoms with Crippen molar-refractivity contribution in [3.8, 4) is 5.75 Å². The first-order chi connectivity index (χ1) is 9.29. The van der Waals surface area contributed by atoms with Crippen LogP contribution in [0.2, 0.25) is 0 Å². The van der Waals surface area contributed by atoms with E-state index < -0.39 is 0 Å². The topological polar surface area (TPSA) is 51.4 Å². The minimum atomic E-state index is 0.542. The van der Waals surface area contributed by atoms with E-state index in [9.17, 15) is 0 Å². The number of piperidine rings is 1. The molecule has 2 aliphatic rings. The van der Waals surface area contributed by atoms with E-state index in [0.29, 0.717) is 11.7 Å². The minimum absolute atomic E-state index is 0.542. The SMILES string of the molecule is Nc1ccc(OCC2CCN(CC3CC3)CC2)cn1. The van der Waals surface area contributed by atoms with Crippen molar-refractivity contribution in [2.75, 3.05) is 32.0 Å². The lowest BCUT2D eigenvalue weighted by molar-refractivity contribution is 0.137. The maximum Gasteiger partial charge on any atom is 0.137 e. The van der Waals surface area contributed by atoms with E-state index in [-0.39, 0.29) is 0 Å². The fraction of sp³-hybridized carbons (Fsp3) is 0.667. The van der Waals surface area contributed by atoms with Crippen molar-refractivity contribution in [2.45, 2.75) is 25.7 Å². The van der Waals surface area contributed by atoms with Crippen LogP contribution in [0.15, 0.2) is 18.3 Å². The average molecular weight is 261 g/mol. The fourth-order valence-corrected chi connectivity index (χ4v) is 2.69. The molecule has 2 fully saturated rings. The van der Waals surface area contributed by atoms with E-state index in [1.54, 1.807) is 12.3 Å². The maximum absolute atomic E-state index is 5.79. The van der Waals surface area contributed by atoms with Crippen molar-refractivity contribution >= 4 is 5.82 Å². The third-order valence-corrected chi connectivity index (χ3v) is 4.17. The van der Waals surface area contributed by atoms with Crippen molar-refractivity contribution in [3.05, 3.63) is 18.3 Å². The van der Waals surface area contributed by atoms with Crippen LogP contribution < -0.4 is 10.5 Å². The van der Waals surface area contributed by atoms with Gasteiger partial charge in [-0.3, -0.25) is 0 Å². The molecule has 19 heavy (non-hydrogen) atoms. The second-order valence-corrected chi connectivity index (χ2v) is 5.92. The number of aromatic nitrogens is 1. The number of likely N-dealkylation sites (tertiary alicyclic amines) is 1. The number of rotatable bonds is 5. The molecule has 0 atom stereocenters. The molecule has 4 heteroatoms. The standard InChI is InChI=1S/C15H23N3O/c16-15-4-3-14(9-17-15)19-11-13-5-7-18(8-6-13)10-12-1-2-12/h3-4,9,12-13H,1-2,5-8,10-11H2,(H2,16,17). The molecule has 1 aromatic heterocycles. The Labute approximate surface area is 115 Å². The zero-order valence-electron chi connectivity index (χ0n) is 11.4. The number of pyridine rings is 1. The largest absolute Gasteiger partial charge is 0.492 e. The van der Waals surface area contributed by atoms with Crippen molar-refractivity contribution in [1.82, 2.24) is 9.88 Å². The highest BCUT2D eigenvalue weighted by molar-refractivity contribution is 5.32. The number of hydrogen-bond acceptors (Lipinski definition) is 4. The Balaban J connectivity index is 1.38. The molecule has 3 rings (SSSR count). The van der Waals surface area contributed by atoms with Gasteiger partial charge < -0.3 is 15.4 Å². The number of nitrogen functional groups attached to an aromatic ring is 1. The zero-order chi connectivity index (χ0) is 13.1. The summed E-state index contributed by atoms with van der Waals surface area (Å²) < 4.78 is 5.79. The van der Waals surface area contributed by atoms with E-state index in [1.165, 1.54) is 45.3 Å². The summed E-state index contributed by atoms with van der Waals surface area (Å²) in [4.78, 5) is 6.66. The molecule has 0 bridgehead atoms. The third kappa shape index (κ3) is 3.83. The second-order valence-electron chi connectivity index (χ2n) is 5.92.